The third-order valence-electron chi connectivity index (χ3n) is 6.56. The Morgan fingerprint density at radius 2 is 1.96 bits per heavy atom. The van der Waals surface area contributed by atoms with E-state index in [9.17, 15) is 14.4 Å². The largest absolute Gasteiger partial charge is 0.341 e. The van der Waals surface area contributed by atoms with E-state index in [1.165, 1.54) is 0 Å². The van der Waals surface area contributed by atoms with Gasteiger partial charge in [0.05, 0.1) is 0 Å². The molecule has 0 aromatic heterocycles. The van der Waals surface area contributed by atoms with E-state index in [4.69, 9.17) is 0 Å². The SMILES string of the molecule is CNCCC1CCN(C(=O)CN2C(=O)NC3(CCCCC3C)C2=O)CC1. The predicted octanol–water partition coefficient (Wildman–Crippen LogP) is 1.34. The molecule has 7 heteroatoms. The van der Waals surface area contributed by atoms with Crippen LogP contribution in [0.2, 0.25) is 0 Å². The molecule has 4 amide bonds. The van der Waals surface area contributed by atoms with E-state index in [2.05, 4.69) is 10.6 Å². The van der Waals surface area contributed by atoms with Crippen LogP contribution in [0.15, 0.2) is 0 Å². The van der Waals surface area contributed by atoms with Gasteiger partial charge in [0.1, 0.15) is 12.1 Å². The second-order valence-electron chi connectivity index (χ2n) is 8.16. The van der Waals surface area contributed by atoms with Gasteiger partial charge in [0.25, 0.3) is 5.91 Å². The highest BCUT2D eigenvalue weighted by Gasteiger charge is 2.55. The first kappa shape index (κ1) is 19.1. The van der Waals surface area contributed by atoms with Crippen LogP contribution in [0.1, 0.15) is 51.9 Å². The summed E-state index contributed by atoms with van der Waals surface area (Å²) in [6.45, 7) is 4.34. The molecule has 2 unspecified atom stereocenters. The molecule has 2 saturated heterocycles. The lowest BCUT2D eigenvalue weighted by atomic mass is 9.73. The van der Waals surface area contributed by atoms with E-state index in [1.54, 1.807) is 0 Å². The predicted molar refractivity (Wildman–Crippen MR) is 98.5 cm³/mol. The molecular formula is C19H32N4O3. The van der Waals surface area contributed by atoms with Gasteiger partial charge in [0.15, 0.2) is 0 Å². The summed E-state index contributed by atoms with van der Waals surface area (Å²) in [6, 6.07) is -0.402. The minimum Gasteiger partial charge on any atom is -0.341 e. The molecule has 26 heavy (non-hydrogen) atoms. The number of nitrogens with zero attached hydrogens (tertiary/aromatic N) is 2. The van der Waals surface area contributed by atoms with Crippen LogP contribution in [0, 0.1) is 11.8 Å². The maximum absolute atomic E-state index is 13.0. The average Bonchev–Trinajstić information content (AvgIpc) is 2.88. The van der Waals surface area contributed by atoms with Crippen LogP contribution in [0.25, 0.3) is 0 Å². The first-order chi connectivity index (χ1) is 12.5. The molecule has 2 aliphatic heterocycles. The van der Waals surface area contributed by atoms with Crippen LogP contribution < -0.4 is 10.6 Å². The molecule has 7 nitrogen and oxygen atoms in total. The lowest BCUT2D eigenvalue weighted by molar-refractivity contribution is -0.141. The van der Waals surface area contributed by atoms with Gasteiger partial charge >= 0.3 is 6.03 Å². The lowest BCUT2D eigenvalue weighted by Crippen LogP contribution is -2.54. The molecular weight excluding hydrogens is 332 g/mol. The molecule has 3 fully saturated rings. The summed E-state index contributed by atoms with van der Waals surface area (Å²) in [6.07, 6.45) is 6.77. The van der Waals surface area contributed by atoms with Crippen molar-refractivity contribution in [1.29, 1.82) is 0 Å². The minimum absolute atomic E-state index is 0.110. The van der Waals surface area contributed by atoms with Crippen molar-refractivity contribution < 1.29 is 14.4 Å². The first-order valence-corrected chi connectivity index (χ1v) is 10.0. The third kappa shape index (κ3) is 3.59. The third-order valence-corrected chi connectivity index (χ3v) is 6.56. The average molecular weight is 364 g/mol. The van der Waals surface area contributed by atoms with E-state index in [0.29, 0.717) is 12.3 Å². The van der Waals surface area contributed by atoms with Gasteiger partial charge in [-0.25, -0.2) is 4.79 Å². The van der Waals surface area contributed by atoms with Gasteiger partial charge in [0.2, 0.25) is 5.91 Å². The van der Waals surface area contributed by atoms with E-state index in [-0.39, 0.29) is 24.3 Å². The molecule has 0 aromatic carbocycles. The fraction of sp³-hybridized carbons (Fsp3) is 0.842. The second-order valence-corrected chi connectivity index (χ2v) is 8.16. The maximum atomic E-state index is 13.0. The normalized spacial score (nSPS) is 30.2. The topological polar surface area (TPSA) is 81.8 Å². The van der Waals surface area contributed by atoms with Gasteiger partial charge < -0.3 is 15.5 Å². The van der Waals surface area contributed by atoms with Crippen molar-refractivity contribution in [3.8, 4) is 0 Å². The minimum atomic E-state index is -0.782. The zero-order valence-electron chi connectivity index (χ0n) is 16.1. The van der Waals surface area contributed by atoms with Crippen molar-refractivity contribution in [3.63, 3.8) is 0 Å². The van der Waals surface area contributed by atoms with Gasteiger partial charge in [0, 0.05) is 13.1 Å². The summed E-state index contributed by atoms with van der Waals surface area (Å²) in [5.74, 6) is 0.457. The summed E-state index contributed by atoms with van der Waals surface area (Å²) in [7, 11) is 1.96. The van der Waals surface area contributed by atoms with Crippen molar-refractivity contribution in [2.75, 3.05) is 33.2 Å². The van der Waals surface area contributed by atoms with Gasteiger partial charge in [-0.15, -0.1) is 0 Å². The molecule has 2 N–H and O–H groups in total. The van der Waals surface area contributed by atoms with E-state index >= 15 is 0 Å². The molecule has 0 aromatic rings. The first-order valence-electron chi connectivity index (χ1n) is 10.0. The fourth-order valence-electron chi connectivity index (χ4n) is 4.69. The molecule has 2 heterocycles. The Kier molecular flexibility index (Phi) is 5.85. The van der Waals surface area contributed by atoms with Crippen molar-refractivity contribution in [1.82, 2.24) is 20.4 Å². The molecule has 1 saturated carbocycles. The zero-order valence-corrected chi connectivity index (χ0v) is 16.1. The van der Waals surface area contributed by atoms with Gasteiger partial charge in [-0.2, -0.15) is 0 Å². The number of hydrogen-bond donors (Lipinski definition) is 2. The molecule has 3 aliphatic rings. The van der Waals surface area contributed by atoms with E-state index in [1.807, 2.05) is 18.9 Å². The summed E-state index contributed by atoms with van der Waals surface area (Å²) in [5, 5.41) is 6.09. The summed E-state index contributed by atoms with van der Waals surface area (Å²) in [4.78, 5) is 41.0. The number of urea groups is 1. The standard InChI is InChI=1S/C19H32N4O3/c1-14-5-3-4-9-19(14)17(25)23(18(26)21-19)13-16(24)22-11-7-15(8-12-22)6-10-20-2/h14-15,20H,3-13H2,1-2H3,(H,21,26). The molecule has 2 atom stereocenters. The van der Waals surface area contributed by atoms with Crippen molar-refractivity contribution in [2.45, 2.75) is 57.4 Å². The molecule has 1 spiro atoms. The molecule has 146 valence electrons. The van der Waals surface area contributed by atoms with Crippen molar-refractivity contribution in [3.05, 3.63) is 0 Å². The number of amides is 4. The number of hydrogen-bond acceptors (Lipinski definition) is 4. The number of carbonyl (C=O) groups is 3. The molecule has 0 radical (unpaired) electrons. The van der Waals surface area contributed by atoms with Crippen LogP contribution >= 0.6 is 0 Å². The van der Waals surface area contributed by atoms with Crippen LogP contribution in [0.3, 0.4) is 0 Å². The number of likely N-dealkylation sites (tertiary alicyclic amines) is 1. The maximum Gasteiger partial charge on any atom is 0.325 e. The quantitative estimate of drug-likeness (QED) is 0.721. The molecule has 0 bridgehead atoms. The molecule has 1 aliphatic carbocycles. The Hall–Kier alpha value is -1.63. The Labute approximate surface area is 155 Å². The van der Waals surface area contributed by atoms with Gasteiger partial charge in [-0.3, -0.25) is 14.5 Å². The summed E-state index contributed by atoms with van der Waals surface area (Å²) in [5.41, 5.74) is -0.782. The van der Waals surface area contributed by atoms with Crippen molar-refractivity contribution >= 4 is 17.8 Å². The Balaban J connectivity index is 1.56. The number of nitrogens with one attached hydrogen (secondary N) is 2. The summed E-state index contributed by atoms with van der Waals surface area (Å²) < 4.78 is 0. The fourth-order valence-corrected chi connectivity index (χ4v) is 4.69. The van der Waals surface area contributed by atoms with Crippen molar-refractivity contribution in [2.24, 2.45) is 11.8 Å². The second kappa shape index (κ2) is 7.94. The Bertz CT molecular complexity index is 559. The number of imide groups is 1. The highest BCUT2D eigenvalue weighted by Crippen LogP contribution is 2.38. The van der Waals surface area contributed by atoms with Crippen LogP contribution in [-0.4, -0.2) is 66.4 Å². The van der Waals surface area contributed by atoms with E-state index < -0.39 is 11.6 Å². The lowest BCUT2D eigenvalue weighted by Gasteiger charge is -2.37. The van der Waals surface area contributed by atoms with Crippen LogP contribution in [0.5, 0.6) is 0 Å². The summed E-state index contributed by atoms with van der Waals surface area (Å²) >= 11 is 0. The Morgan fingerprint density at radius 3 is 2.62 bits per heavy atom. The van der Waals surface area contributed by atoms with E-state index in [0.717, 1.165) is 63.1 Å². The number of carbonyl (C=O) groups excluding carboxylic acids is 3. The van der Waals surface area contributed by atoms with Gasteiger partial charge in [-0.1, -0.05) is 19.8 Å². The highest BCUT2D eigenvalue weighted by molar-refractivity contribution is 6.09. The number of piperidine rings is 1. The van der Waals surface area contributed by atoms with Gasteiger partial charge in [-0.05, 0) is 57.5 Å². The smallest absolute Gasteiger partial charge is 0.325 e. The van der Waals surface area contributed by atoms with Crippen LogP contribution in [-0.2, 0) is 9.59 Å². The molecule has 3 rings (SSSR count). The highest BCUT2D eigenvalue weighted by atomic mass is 16.2. The zero-order chi connectivity index (χ0) is 18.7. The monoisotopic (exact) mass is 364 g/mol. The van der Waals surface area contributed by atoms with Crippen LogP contribution in [0.4, 0.5) is 4.79 Å². The Morgan fingerprint density at radius 1 is 1.23 bits per heavy atom. The number of rotatable bonds is 5.